The van der Waals surface area contributed by atoms with E-state index in [-0.39, 0.29) is 19.5 Å². The predicted molar refractivity (Wildman–Crippen MR) is 70.2 cm³/mol. The molecule has 0 aromatic heterocycles. The Labute approximate surface area is 119 Å². The Morgan fingerprint density at radius 1 is 1.52 bits per heavy atom. The fourth-order valence-electron chi connectivity index (χ4n) is 2.66. The molecule has 2 rings (SSSR count). The van der Waals surface area contributed by atoms with E-state index in [9.17, 15) is 28.8 Å². The highest BCUT2D eigenvalue weighted by Crippen LogP contribution is 2.41. The molecule has 1 unspecified atom stereocenters. The minimum Gasteiger partial charge on any atom is -0.481 e. The van der Waals surface area contributed by atoms with Crippen molar-refractivity contribution in [3.63, 3.8) is 0 Å². The SMILES string of the molecule is CCC1(C(=O)O)CCN(c2c([N+](=O)[O-])ccc(F)c2F)C1. The van der Waals surface area contributed by atoms with E-state index >= 15 is 0 Å². The lowest BCUT2D eigenvalue weighted by molar-refractivity contribution is -0.384. The van der Waals surface area contributed by atoms with Gasteiger partial charge in [0.15, 0.2) is 17.3 Å². The summed E-state index contributed by atoms with van der Waals surface area (Å²) in [6, 6.07) is 1.58. The summed E-state index contributed by atoms with van der Waals surface area (Å²) >= 11 is 0. The Morgan fingerprint density at radius 2 is 2.19 bits per heavy atom. The molecule has 0 bridgehead atoms. The van der Waals surface area contributed by atoms with Gasteiger partial charge in [-0.25, -0.2) is 8.78 Å². The number of halogens is 2. The summed E-state index contributed by atoms with van der Waals surface area (Å²) < 4.78 is 27.3. The third kappa shape index (κ3) is 2.41. The first-order chi connectivity index (χ1) is 9.82. The molecule has 114 valence electrons. The number of aliphatic carboxylic acids is 1. The zero-order chi connectivity index (χ0) is 15.8. The highest BCUT2D eigenvalue weighted by atomic mass is 19.2. The van der Waals surface area contributed by atoms with Crippen molar-refractivity contribution in [1.29, 1.82) is 0 Å². The molecular formula is C13H14F2N2O4. The predicted octanol–water partition coefficient (Wildman–Crippen LogP) is 2.56. The van der Waals surface area contributed by atoms with Crippen LogP contribution in [0.4, 0.5) is 20.2 Å². The minimum atomic E-state index is -1.32. The van der Waals surface area contributed by atoms with Crippen LogP contribution in [-0.2, 0) is 4.79 Å². The van der Waals surface area contributed by atoms with Gasteiger partial charge in [0.1, 0.15) is 0 Å². The van der Waals surface area contributed by atoms with E-state index in [0.29, 0.717) is 12.5 Å². The maximum atomic E-state index is 14.0. The second-order valence-corrected chi connectivity index (χ2v) is 5.10. The molecule has 0 radical (unpaired) electrons. The van der Waals surface area contributed by atoms with E-state index < -0.39 is 39.3 Å². The van der Waals surface area contributed by atoms with Gasteiger partial charge in [-0.3, -0.25) is 14.9 Å². The lowest BCUT2D eigenvalue weighted by atomic mass is 9.84. The van der Waals surface area contributed by atoms with Crippen LogP contribution in [0.25, 0.3) is 0 Å². The summed E-state index contributed by atoms with van der Waals surface area (Å²) in [6.07, 6.45) is 0.537. The molecule has 21 heavy (non-hydrogen) atoms. The molecular weight excluding hydrogens is 286 g/mol. The van der Waals surface area contributed by atoms with Gasteiger partial charge in [-0.2, -0.15) is 0 Å². The van der Waals surface area contributed by atoms with Crippen molar-refractivity contribution >= 4 is 17.3 Å². The van der Waals surface area contributed by atoms with Gasteiger partial charge in [-0.15, -0.1) is 0 Å². The van der Waals surface area contributed by atoms with Gasteiger partial charge in [0, 0.05) is 19.2 Å². The quantitative estimate of drug-likeness (QED) is 0.682. The van der Waals surface area contributed by atoms with E-state index in [1.54, 1.807) is 6.92 Å². The summed E-state index contributed by atoms with van der Waals surface area (Å²) in [5.74, 6) is -3.55. The Hall–Kier alpha value is -2.25. The van der Waals surface area contributed by atoms with E-state index in [4.69, 9.17) is 0 Å². The van der Waals surface area contributed by atoms with Crippen LogP contribution in [0.3, 0.4) is 0 Å². The zero-order valence-electron chi connectivity index (χ0n) is 11.3. The topological polar surface area (TPSA) is 83.7 Å². The van der Waals surface area contributed by atoms with Crippen molar-refractivity contribution in [1.82, 2.24) is 0 Å². The number of carboxylic acids is 1. The zero-order valence-corrected chi connectivity index (χ0v) is 11.3. The van der Waals surface area contributed by atoms with Crippen molar-refractivity contribution in [3.8, 4) is 0 Å². The minimum absolute atomic E-state index is 0.0833. The van der Waals surface area contributed by atoms with Crippen molar-refractivity contribution < 1.29 is 23.6 Å². The second-order valence-electron chi connectivity index (χ2n) is 5.10. The van der Waals surface area contributed by atoms with Crippen LogP contribution in [0.5, 0.6) is 0 Å². The molecule has 1 aromatic carbocycles. The maximum Gasteiger partial charge on any atom is 0.311 e. The van der Waals surface area contributed by atoms with Crippen LogP contribution in [0, 0.1) is 27.2 Å². The van der Waals surface area contributed by atoms with Gasteiger partial charge in [-0.05, 0) is 18.9 Å². The number of anilines is 1. The third-order valence-electron chi connectivity index (χ3n) is 4.04. The molecule has 1 heterocycles. The lowest BCUT2D eigenvalue weighted by Crippen LogP contribution is -2.34. The summed E-state index contributed by atoms with van der Waals surface area (Å²) in [4.78, 5) is 22.8. The van der Waals surface area contributed by atoms with Gasteiger partial charge in [-0.1, -0.05) is 6.92 Å². The number of nitro benzene ring substituents is 1. The molecule has 0 amide bonds. The van der Waals surface area contributed by atoms with Crippen molar-refractivity contribution in [3.05, 3.63) is 33.9 Å². The number of hydrogen-bond donors (Lipinski definition) is 1. The standard InChI is InChI=1S/C13H14F2N2O4/c1-2-13(12(18)19)5-6-16(7-13)11-9(17(20)21)4-3-8(14)10(11)15/h3-4H,2,5-7H2,1H3,(H,18,19). The Bertz CT molecular complexity index is 608. The first kappa shape index (κ1) is 15.1. The highest BCUT2D eigenvalue weighted by Gasteiger charge is 2.45. The summed E-state index contributed by atoms with van der Waals surface area (Å²) in [7, 11) is 0. The van der Waals surface area contributed by atoms with E-state index in [0.717, 1.165) is 6.07 Å². The second kappa shape index (κ2) is 5.27. The molecule has 1 saturated heterocycles. The number of nitro groups is 1. The van der Waals surface area contributed by atoms with Crippen LogP contribution in [-0.4, -0.2) is 29.1 Å². The van der Waals surface area contributed by atoms with Gasteiger partial charge < -0.3 is 10.0 Å². The normalized spacial score (nSPS) is 21.6. The highest BCUT2D eigenvalue weighted by molar-refractivity contribution is 5.77. The molecule has 0 saturated carbocycles. The molecule has 1 aromatic rings. The Kier molecular flexibility index (Phi) is 3.80. The average molecular weight is 300 g/mol. The third-order valence-corrected chi connectivity index (χ3v) is 4.04. The number of carbonyl (C=O) groups is 1. The van der Waals surface area contributed by atoms with Crippen molar-refractivity contribution in [2.75, 3.05) is 18.0 Å². The van der Waals surface area contributed by atoms with Crippen LogP contribution in [0.2, 0.25) is 0 Å². The molecule has 1 fully saturated rings. The molecule has 0 aliphatic carbocycles. The fourth-order valence-corrected chi connectivity index (χ4v) is 2.66. The molecule has 8 heteroatoms. The molecule has 0 spiro atoms. The summed E-state index contributed by atoms with van der Waals surface area (Å²) in [6.45, 7) is 1.73. The number of hydrogen-bond acceptors (Lipinski definition) is 4. The summed E-state index contributed by atoms with van der Waals surface area (Å²) in [5.41, 5.74) is -2.13. The first-order valence-electron chi connectivity index (χ1n) is 6.43. The number of carboxylic acid groups (broad SMARTS) is 1. The lowest BCUT2D eigenvalue weighted by Gasteiger charge is -2.24. The van der Waals surface area contributed by atoms with E-state index in [1.807, 2.05) is 0 Å². The van der Waals surface area contributed by atoms with Gasteiger partial charge in [0.05, 0.1) is 10.3 Å². The smallest absolute Gasteiger partial charge is 0.311 e. The van der Waals surface area contributed by atoms with E-state index in [2.05, 4.69) is 0 Å². The molecule has 1 atom stereocenters. The number of rotatable bonds is 4. The van der Waals surface area contributed by atoms with Gasteiger partial charge in [0.2, 0.25) is 0 Å². The number of nitrogens with zero attached hydrogens (tertiary/aromatic N) is 2. The average Bonchev–Trinajstić information content (AvgIpc) is 2.86. The molecule has 6 nitrogen and oxygen atoms in total. The van der Waals surface area contributed by atoms with Crippen LogP contribution in [0.15, 0.2) is 12.1 Å². The monoisotopic (exact) mass is 300 g/mol. The van der Waals surface area contributed by atoms with Gasteiger partial charge >= 0.3 is 5.97 Å². The largest absolute Gasteiger partial charge is 0.481 e. The maximum absolute atomic E-state index is 14.0. The van der Waals surface area contributed by atoms with Crippen molar-refractivity contribution in [2.45, 2.75) is 19.8 Å². The Morgan fingerprint density at radius 3 is 2.67 bits per heavy atom. The van der Waals surface area contributed by atoms with Crippen LogP contribution < -0.4 is 4.90 Å². The van der Waals surface area contributed by atoms with Gasteiger partial charge in [0.25, 0.3) is 5.69 Å². The van der Waals surface area contributed by atoms with Crippen LogP contribution >= 0.6 is 0 Å². The molecule has 1 aliphatic heterocycles. The fraction of sp³-hybridized carbons (Fsp3) is 0.462. The number of benzene rings is 1. The molecule has 1 aliphatic rings. The van der Waals surface area contributed by atoms with Crippen LogP contribution in [0.1, 0.15) is 19.8 Å². The Balaban J connectivity index is 2.47. The molecule has 1 N–H and O–H groups in total. The first-order valence-corrected chi connectivity index (χ1v) is 6.43. The summed E-state index contributed by atoms with van der Waals surface area (Å²) in [5, 5.41) is 20.3. The van der Waals surface area contributed by atoms with E-state index in [1.165, 1.54) is 4.90 Å². The van der Waals surface area contributed by atoms with Crippen molar-refractivity contribution in [2.24, 2.45) is 5.41 Å².